The summed E-state index contributed by atoms with van der Waals surface area (Å²) in [6.45, 7) is 3.22. The van der Waals surface area contributed by atoms with Gasteiger partial charge in [-0.15, -0.1) is 0 Å². The lowest BCUT2D eigenvalue weighted by Gasteiger charge is -2.50. The number of phenolic OH excluding ortho intramolecular Hbond substituents is 1. The number of morpholine rings is 1. The molecule has 0 saturated carbocycles. The molecule has 5 rings (SSSR count). The summed E-state index contributed by atoms with van der Waals surface area (Å²) >= 11 is 0. The molecule has 4 atom stereocenters. The monoisotopic (exact) mass is 556 g/mol. The summed E-state index contributed by atoms with van der Waals surface area (Å²) in [5.41, 5.74) is 4.00. The van der Waals surface area contributed by atoms with Crippen molar-refractivity contribution in [3.63, 3.8) is 0 Å². The van der Waals surface area contributed by atoms with E-state index in [2.05, 4.69) is 4.90 Å². The Morgan fingerprint density at radius 2 is 1.80 bits per heavy atom. The Morgan fingerprint density at radius 1 is 1.15 bits per heavy atom. The van der Waals surface area contributed by atoms with E-state index in [4.69, 9.17) is 10.5 Å². The summed E-state index contributed by atoms with van der Waals surface area (Å²) in [4.78, 5) is 45.2. The van der Waals surface area contributed by atoms with Crippen molar-refractivity contribution in [1.29, 1.82) is 0 Å². The SMILES string of the molecule is CN(C)c1c(CN2CCOCC2)cc(O)c2c1C[C@H]1C[C@H]3[C@H](N(C)C)C(O)=C(C(N)=O)C(=O)[C@@]3(O)C(O)=C1C2=O. The zero-order valence-corrected chi connectivity index (χ0v) is 23.1. The molecule has 40 heavy (non-hydrogen) atoms. The van der Waals surface area contributed by atoms with Crippen LogP contribution in [0.15, 0.2) is 28.7 Å². The van der Waals surface area contributed by atoms with Crippen LogP contribution in [-0.4, -0.2) is 114 Å². The molecule has 1 heterocycles. The van der Waals surface area contributed by atoms with E-state index in [0.717, 1.165) is 24.3 Å². The Morgan fingerprint density at radius 3 is 2.38 bits per heavy atom. The minimum absolute atomic E-state index is 0.00945. The molecule has 216 valence electrons. The highest BCUT2D eigenvalue weighted by atomic mass is 16.5. The van der Waals surface area contributed by atoms with Gasteiger partial charge in [0.15, 0.2) is 11.4 Å². The number of rotatable bonds is 5. The third-order valence-corrected chi connectivity index (χ3v) is 8.72. The molecule has 6 N–H and O–H groups in total. The Bertz CT molecular complexity index is 1360. The summed E-state index contributed by atoms with van der Waals surface area (Å²) in [5, 5.41) is 45.2. The molecular weight excluding hydrogens is 520 g/mol. The molecule has 3 aliphatic carbocycles. The fourth-order valence-electron chi connectivity index (χ4n) is 7.05. The number of likely N-dealkylation sites (N-methyl/N-ethyl adjacent to an activating group) is 1. The smallest absolute Gasteiger partial charge is 0.255 e. The summed E-state index contributed by atoms with van der Waals surface area (Å²) in [5.74, 6) is -6.58. The summed E-state index contributed by atoms with van der Waals surface area (Å²) < 4.78 is 5.45. The van der Waals surface area contributed by atoms with E-state index >= 15 is 0 Å². The predicted molar refractivity (Wildman–Crippen MR) is 144 cm³/mol. The van der Waals surface area contributed by atoms with E-state index in [-0.39, 0.29) is 29.7 Å². The van der Waals surface area contributed by atoms with Gasteiger partial charge in [0.05, 0.1) is 24.8 Å². The number of carbonyl (C=O) groups is 3. The van der Waals surface area contributed by atoms with Gasteiger partial charge in [-0.05, 0) is 50.0 Å². The second kappa shape index (κ2) is 9.88. The Hall–Kier alpha value is -3.45. The first kappa shape index (κ1) is 28.1. The number of phenols is 1. The topological polar surface area (TPSA) is 177 Å². The number of aliphatic hydroxyl groups excluding tert-OH is 2. The van der Waals surface area contributed by atoms with Gasteiger partial charge in [0.1, 0.15) is 22.8 Å². The average molecular weight is 557 g/mol. The maximum absolute atomic E-state index is 14.0. The highest BCUT2D eigenvalue weighted by Crippen LogP contribution is 2.53. The molecule has 1 fully saturated rings. The van der Waals surface area contributed by atoms with E-state index < -0.39 is 58.0 Å². The number of hydrogen-bond donors (Lipinski definition) is 5. The van der Waals surface area contributed by atoms with Crippen LogP contribution < -0.4 is 10.6 Å². The van der Waals surface area contributed by atoms with Gasteiger partial charge < -0.3 is 35.8 Å². The quantitative estimate of drug-likeness (QED) is 0.309. The van der Waals surface area contributed by atoms with E-state index in [0.29, 0.717) is 25.3 Å². The second-order valence-electron chi connectivity index (χ2n) is 11.5. The number of amides is 1. The molecule has 1 saturated heterocycles. The number of primary amides is 1. The largest absolute Gasteiger partial charge is 0.510 e. The van der Waals surface area contributed by atoms with Gasteiger partial charge in [-0.3, -0.25) is 24.2 Å². The number of Topliss-reactive ketones (excluding diaryl/α,β-unsaturated/α-hetero) is 2. The van der Waals surface area contributed by atoms with Crippen molar-refractivity contribution in [2.45, 2.75) is 31.0 Å². The van der Waals surface area contributed by atoms with Crippen LogP contribution in [0.5, 0.6) is 5.75 Å². The van der Waals surface area contributed by atoms with Crippen LogP contribution in [0.1, 0.15) is 27.9 Å². The number of allylic oxidation sites excluding steroid dienone is 1. The average Bonchev–Trinajstić information content (AvgIpc) is 2.86. The van der Waals surface area contributed by atoms with Crippen molar-refractivity contribution in [3.05, 3.63) is 45.4 Å². The molecule has 1 aromatic rings. The van der Waals surface area contributed by atoms with Gasteiger partial charge in [-0.25, -0.2) is 0 Å². The lowest BCUT2D eigenvalue weighted by Crippen LogP contribution is -2.63. The molecule has 0 radical (unpaired) electrons. The fraction of sp³-hybridized carbons (Fsp3) is 0.536. The molecule has 0 aromatic heterocycles. The first-order chi connectivity index (χ1) is 18.8. The van der Waals surface area contributed by atoms with Crippen LogP contribution >= 0.6 is 0 Å². The number of anilines is 1. The van der Waals surface area contributed by atoms with Crippen molar-refractivity contribution in [2.24, 2.45) is 17.6 Å². The highest BCUT2D eigenvalue weighted by Gasteiger charge is 2.63. The number of aliphatic hydroxyl groups is 3. The number of carbonyl (C=O) groups excluding carboxylic acids is 3. The van der Waals surface area contributed by atoms with Crippen molar-refractivity contribution in [1.82, 2.24) is 9.80 Å². The molecular formula is C28H36N4O8. The second-order valence-corrected chi connectivity index (χ2v) is 11.5. The number of ketones is 2. The number of fused-ring (bicyclic) bond motifs is 3. The zero-order chi connectivity index (χ0) is 29.3. The lowest BCUT2D eigenvalue weighted by molar-refractivity contribution is -0.148. The lowest BCUT2D eigenvalue weighted by atomic mass is 9.58. The number of aromatic hydroxyl groups is 1. The van der Waals surface area contributed by atoms with E-state index in [1.165, 1.54) is 4.90 Å². The van der Waals surface area contributed by atoms with Gasteiger partial charge in [-0.1, -0.05) is 0 Å². The minimum Gasteiger partial charge on any atom is -0.510 e. The highest BCUT2D eigenvalue weighted by molar-refractivity contribution is 6.24. The van der Waals surface area contributed by atoms with Crippen LogP contribution in [0.4, 0.5) is 5.69 Å². The zero-order valence-electron chi connectivity index (χ0n) is 23.1. The van der Waals surface area contributed by atoms with E-state index in [9.17, 15) is 34.8 Å². The predicted octanol–water partition coefficient (Wildman–Crippen LogP) is 0.0188. The fourth-order valence-corrected chi connectivity index (χ4v) is 7.05. The number of ether oxygens (including phenoxy) is 1. The van der Waals surface area contributed by atoms with Crippen LogP contribution in [-0.2, 0) is 27.3 Å². The van der Waals surface area contributed by atoms with Gasteiger partial charge in [0.25, 0.3) is 5.91 Å². The molecule has 0 spiro atoms. The van der Waals surface area contributed by atoms with Gasteiger partial charge in [0, 0.05) is 50.9 Å². The summed E-state index contributed by atoms with van der Waals surface area (Å²) in [7, 11) is 6.93. The summed E-state index contributed by atoms with van der Waals surface area (Å²) in [6, 6.07) is 0.527. The molecule has 1 amide bonds. The van der Waals surface area contributed by atoms with Crippen molar-refractivity contribution in [2.75, 3.05) is 59.4 Å². The van der Waals surface area contributed by atoms with Crippen LogP contribution in [0.2, 0.25) is 0 Å². The Labute approximate surface area is 231 Å². The first-order valence-electron chi connectivity index (χ1n) is 13.3. The summed E-state index contributed by atoms with van der Waals surface area (Å²) in [6.07, 6.45) is 0.291. The van der Waals surface area contributed by atoms with Gasteiger partial charge in [-0.2, -0.15) is 0 Å². The Balaban J connectivity index is 1.67. The maximum Gasteiger partial charge on any atom is 0.255 e. The van der Waals surface area contributed by atoms with Crippen LogP contribution in [0.25, 0.3) is 0 Å². The van der Waals surface area contributed by atoms with Crippen molar-refractivity contribution in [3.8, 4) is 5.75 Å². The number of nitrogens with zero attached hydrogens (tertiary/aromatic N) is 3. The van der Waals surface area contributed by atoms with E-state index in [1.807, 2.05) is 19.0 Å². The Kier molecular flexibility index (Phi) is 6.94. The number of nitrogens with two attached hydrogens (primary N) is 1. The number of hydrogen-bond acceptors (Lipinski definition) is 11. The third kappa shape index (κ3) is 4.00. The van der Waals surface area contributed by atoms with Crippen LogP contribution in [0.3, 0.4) is 0 Å². The standard InChI is InChI=1S/C28H36N4O8/c1-30(2)21-14(12-32-5-7-40-8-6-32)11-17(33)19-15(21)9-13-10-16-22(31(3)4)24(35)20(27(29)38)26(37)28(16,39)25(36)18(13)23(19)34/h11,13,16,22,33,35-36,39H,5-10,12H2,1-4H3,(H2,29,38)/t13-,16-,22-,28-/m0/s1. The molecule has 0 bridgehead atoms. The maximum atomic E-state index is 14.0. The normalized spacial score (nSPS) is 28.9. The first-order valence-corrected chi connectivity index (χ1v) is 13.3. The molecule has 12 nitrogen and oxygen atoms in total. The molecule has 12 heteroatoms. The minimum atomic E-state index is -2.65. The third-order valence-electron chi connectivity index (χ3n) is 8.72. The number of benzene rings is 1. The van der Waals surface area contributed by atoms with Crippen molar-refractivity contribution < 1.29 is 39.5 Å². The molecule has 4 aliphatic rings. The molecule has 1 aliphatic heterocycles. The molecule has 1 aromatic carbocycles. The van der Waals surface area contributed by atoms with Crippen LogP contribution in [0, 0.1) is 11.8 Å². The molecule has 0 unspecified atom stereocenters. The van der Waals surface area contributed by atoms with Gasteiger partial charge >= 0.3 is 0 Å². The van der Waals surface area contributed by atoms with E-state index in [1.54, 1.807) is 20.2 Å². The van der Waals surface area contributed by atoms with Crippen molar-refractivity contribution >= 4 is 23.2 Å². The van der Waals surface area contributed by atoms with Gasteiger partial charge in [0.2, 0.25) is 5.78 Å².